The van der Waals surface area contributed by atoms with Crippen LogP contribution in [0.25, 0.3) is 0 Å². The van der Waals surface area contributed by atoms with Gasteiger partial charge in [0.2, 0.25) is 0 Å². The van der Waals surface area contributed by atoms with Gasteiger partial charge in [0.25, 0.3) is 0 Å². The maximum absolute atomic E-state index is 12.7. The van der Waals surface area contributed by atoms with Crippen molar-refractivity contribution in [1.29, 1.82) is 0 Å². The molecule has 0 aliphatic carbocycles. The molecule has 0 saturated carbocycles. The molecule has 2 rings (SSSR count). The number of benzene rings is 1. The molecule has 1 radical (unpaired) electrons. The van der Waals surface area contributed by atoms with Crippen molar-refractivity contribution in [2.75, 3.05) is 67.5 Å². The normalized spacial score (nSPS) is 14.7. The number of Topliss-reactive ketones (excluding diaryl/α,β-unsaturated/α-hetero) is 1. The molecule has 2 amide bonds. The minimum absolute atomic E-state index is 0.0271. The Morgan fingerprint density at radius 3 is 2.10 bits per heavy atom. The second-order valence-electron chi connectivity index (χ2n) is 7.89. The Hall–Kier alpha value is -2.65. The molecule has 1 aliphatic heterocycles. The highest BCUT2D eigenvalue weighted by Gasteiger charge is 2.20. The summed E-state index contributed by atoms with van der Waals surface area (Å²) in [7, 11) is 6.14. The van der Waals surface area contributed by atoms with Crippen LogP contribution in [-0.4, -0.2) is 105 Å². The molecule has 1 saturated heterocycles. The molecule has 1 aromatic carbocycles. The number of amides is 2. The van der Waals surface area contributed by atoms with Crippen molar-refractivity contribution in [2.24, 2.45) is 0 Å². The number of hydrogen-bond donors (Lipinski definition) is 0. The molecule has 0 bridgehead atoms. The Kier molecular flexibility index (Phi) is 9.26. The van der Waals surface area contributed by atoms with Crippen LogP contribution in [0.5, 0.6) is 11.5 Å². The second-order valence-corrected chi connectivity index (χ2v) is 7.89. The molecule has 1 aliphatic rings. The van der Waals surface area contributed by atoms with Gasteiger partial charge in [-0.15, -0.1) is 0 Å². The van der Waals surface area contributed by atoms with Crippen molar-refractivity contribution in [3.05, 3.63) is 23.8 Å². The second kappa shape index (κ2) is 11.7. The highest BCUT2D eigenvalue weighted by molar-refractivity contribution is 5.96. The average Bonchev–Trinajstić information content (AvgIpc) is 2.75. The van der Waals surface area contributed by atoms with Gasteiger partial charge in [0.1, 0.15) is 0 Å². The van der Waals surface area contributed by atoms with Crippen LogP contribution < -0.4 is 9.47 Å². The summed E-state index contributed by atoms with van der Waals surface area (Å²) in [5, 5.41) is 0. The summed E-state index contributed by atoms with van der Waals surface area (Å²) in [6, 6.07) is 5.80. The lowest BCUT2D eigenvalue weighted by atomic mass is 10.1. The van der Waals surface area contributed by atoms with E-state index in [0.29, 0.717) is 12.0 Å². The molecule has 171 valence electrons. The molecule has 1 fully saturated rings. The van der Waals surface area contributed by atoms with Gasteiger partial charge in [-0.1, -0.05) is 6.92 Å². The zero-order valence-corrected chi connectivity index (χ0v) is 19.1. The number of ether oxygens (including phenoxy) is 2. The fourth-order valence-electron chi connectivity index (χ4n) is 3.07. The Morgan fingerprint density at radius 1 is 0.935 bits per heavy atom. The summed E-state index contributed by atoms with van der Waals surface area (Å²) >= 11 is 0. The summed E-state index contributed by atoms with van der Waals surface area (Å²) in [6.07, 6.45) is -0.183. The lowest BCUT2D eigenvalue weighted by Gasteiger charge is -2.33. The molecule has 0 atom stereocenters. The highest BCUT2D eigenvalue weighted by Crippen LogP contribution is 2.29. The predicted molar refractivity (Wildman–Crippen MR) is 117 cm³/mol. The van der Waals surface area contributed by atoms with Crippen LogP contribution in [0.15, 0.2) is 12.1 Å². The lowest BCUT2D eigenvalue weighted by Crippen LogP contribution is -2.46. The fourth-order valence-corrected chi connectivity index (χ4v) is 3.07. The molecule has 1 heterocycles. The number of carbonyl (C=O) groups is 3. The maximum Gasteiger partial charge on any atom is 0.414 e. The van der Waals surface area contributed by atoms with Crippen molar-refractivity contribution >= 4 is 18.0 Å². The summed E-state index contributed by atoms with van der Waals surface area (Å²) in [4.78, 5) is 43.8. The molecule has 0 N–H and O–H groups in total. The Morgan fingerprint density at radius 2 is 1.52 bits per heavy atom. The molecule has 1 aromatic rings. The van der Waals surface area contributed by atoms with E-state index in [1.54, 1.807) is 0 Å². The first-order chi connectivity index (χ1) is 14.7. The van der Waals surface area contributed by atoms with E-state index in [1.807, 2.05) is 0 Å². The van der Waals surface area contributed by atoms with Gasteiger partial charge >= 0.3 is 12.2 Å². The third-order valence-electron chi connectivity index (χ3n) is 5.08. The minimum atomic E-state index is -0.658. The summed E-state index contributed by atoms with van der Waals surface area (Å²) in [5.74, 6) is -0.158. The monoisotopic (exact) mass is 433 g/mol. The summed E-state index contributed by atoms with van der Waals surface area (Å²) in [5.41, 5.74) is 0.294. The van der Waals surface area contributed by atoms with Crippen LogP contribution in [0.1, 0.15) is 30.1 Å². The van der Waals surface area contributed by atoms with E-state index in [0.717, 1.165) is 45.7 Å². The largest absolute Gasteiger partial charge is 0.414 e. The first-order valence-electron chi connectivity index (χ1n) is 10.5. The number of carbonyl (C=O) groups excluding carboxylic acids is 3. The quantitative estimate of drug-likeness (QED) is 0.581. The molecule has 0 spiro atoms. The molecular formula is C22H33N4O5. The average molecular weight is 434 g/mol. The van der Waals surface area contributed by atoms with Crippen LogP contribution in [0.2, 0.25) is 0 Å². The summed E-state index contributed by atoms with van der Waals surface area (Å²) in [6.45, 7) is 8.27. The zero-order chi connectivity index (χ0) is 23.0. The smallest absolute Gasteiger partial charge is 0.406 e. The van der Waals surface area contributed by atoms with E-state index >= 15 is 0 Å². The van der Waals surface area contributed by atoms with E-state index in [4.69, 9.17) is 9.47 Å². The van der Waals surface area contributed by atoms with E-state index in [9.17, 15) is 14.4 Å². The van der Waals surface area contributed by atoms with Crippen molar-refractivity contribution in [2.45, 2.75) is 19.8 Å². The number of hydrogen-bond acceptors (Lipinski definition) is 7. The first kappa shape index (κ1) is 24.6. The molecule has 9 nitrogen and oxygen atoms in total. The zero-order valence-electron chi connectivity index (χ0n) is 19.1. The van der Waals surface area contributed by atoms with Crippen molar-refractivity contribution in [3.63, 3.8) is 0 Å². The molecule has 0 aromatic heterocycles. The van der Waals surface area contributed by atoms with E-state index in [2.05, 4.69) is 22.8 Å². The SMILES string of the molecule is CCN1CCN(CCCC(=O)c2[c]c(OC(=O)N(C)C)c(OC(=O)N(C)C)cc2)CC1. The third-order valence-corrected chi connectivity index (χ3v) is 5.08. The van der Waals surface area contributed by atoms with Crippen LogP contribution in [-0.2, 0) is 0 Å². The van der Waals surface area contributed by atoms with Crippen LogP contribution in [0, 0.1) is 6.07 Å². The van der Waals surface area contributed by atoms with Gasteiger partial charge in [0.15, 0.2) is 17.3 Å². The van der Waals surface area contributed by atoms with Gasteiger partial charge in [0, 0.05) is 72.4 Å². The number of likely N-dealkylation sites (N-methyl/N-ethyl adjacent to an activating group) is 1. The Labute approximate surface area is 184 Å². The lowest BCUT2D eigenvalue weighted by molar-refractivity contribution is 0.0962. The predicted octanol–water partition coefficient (Wildman–Crippen LogP) is 2.21. The molecule has 31 heavy (non-hydrogen) atoms. The standard InChI is InChI=1S/C22H33N4O5/c1-6-25-12-14-26(15-13-25)11-7-8-18(27)17-9-10-19(30-21(28)23(2)3)20(16-17)31-22(29)24(4)5/h9-10H,6-8,11-15H2,1-5H3. The molecular weight excluding hydrogens is 400 g/mol. The van der Waals surface area contributed by atoms with E-state index in [1.165, 1.54) is 50.1 Å². The Balaban J connectivity index is 2.01. The minimum Gasteiger partial charge on any atom is -0.406 e. The number of ketones is 1. The van der Waals surface area contributed by atoms with Crippen LogP contribution >= 0.6 is 0 Å². The topological polar surface area (TPSA) is 82.6 Å². The number of nitrogens with zero attached hydrogens (tertiary/aromatic N) is 4. The maximum atomic E-state index is 12.7. The highest BCUT2D eigenvalue weighted by atomic mass is 16.6. The summed E-state index contributed by atoms with van der Waals surface area (Å²) < 4.78 is 10.5. The number of piperazine rings is 1. The van der Waals surface area contributed by atoms with Crippen LogP contribution in [0.4, 0.5) is 9.59 Å². The fraction of sp³-hybridized carbons (Fsp3) is 0.591. The van der Waals surface area contributed by atoms with Gasteiger partial charge < -0.3 is 29.1 Å². The van der Waals surface area contributed by atoms with Crippen molar-refractivity contribution in [3.8, 4) is 11.5 Å². The van der Waals surface area contributed by atoms with Crippen molar-refractivity contribution < 1.29 is 23.9 Å². The van der Waals surface area contributed by atoms with E-state index in [-0.39, 0.29) is 17.3 Å². The number of rotatable bonds is 8. The van der Waals surface area contributed by atoms with Gasteiger partial charge in [-0.3, -0.25) is 4.79 Å². The third kappa shape index (κ3) is 7.52. The Bertz CT molecular complexity index is 773. The van der Waals surface area contributed by atoms with Gasteiger partial charge in [-0.2, -0.15) is 0 Å². The first-order valence-corrected chi connectivity index (χ1v) is 10.5. The van der Waals surface area contributed by atoms with Gasteiger partial charge in [0.05, 0.1) is 0 Å². The van der Waals surface area contributed by atoms with E-state index < -0.39 is 12.2 Å². The van der Waals surface area contributed by atoms with Gasteiger partial charge in [-0.25, -0.2) is 9.59 Å². The van der Waals surface area contributed by atoms with Crippen molar-refractivity contribution in [1.82, 2.24) is 19.6 Å². The van der Waals surface area contributed by atoms with Gasteiger partial charge in [-0.05, 0) is 31.6 Å². The molecule has 9 heteroatoms. The molecule has 0 unspecified atom stereocenters. The van der Waals surface area contributed by atoms with Crippen LogP contribution in [0.3, 0.4) is 0 Å².